The molecule has 1 amide bonds. The van der Waals surface area contributed by atoms with Crippen molar-refractivity contribution in [1.29, 1.82) is 0 Å². The Bertz CT molecular complexity index is 701. The minimum absolute atomic E-state index is 0.250. The van der Waals surface area contributed by atoms with Crippen LogP contribution in [0.5, 0.6) is 11.5 Å². The maximum absolute atomic E-state index is 12.4. The second-order valence-corrected chi connectivity index (χ2v) is 6.14. The summed E-state index contributed by atoms with van der Waals surface area (Å²) >= 11 is 6.07. The molecule has 0 radical (unpaired) electrons. The van der Waals surface area contributed by atoms with Gasteiger partial charge < -0.3 is 14.8 Å². The monoisotopic (exact) mass is 347 g/mol. The molecular weight excluding hydrogens is 326 g/mol. The van der Waals surface area contributed by atoms with Crippen molar-refractivity contribution in [2.45, 2.75) is 20.8 Å². The lowest BCUT2D eigenvalue weighted by Gasteiger charge is -2.15. The van der Waals surface area contributed by atoms with E-state index in [4.69, 9.17) is 21.1 Å². The first-order valence-electron chi connectivity index (χ1n) is 7.96. The topological polar surface area (TPSA) is 47.6 Å². The van der Waals surface area contributed by atoms with E-state index in [1.165, 1.54) is 0 Å². The van der Waals surface area contributed by atoms with E-state index in [1.54, 1.807) is 30.3 Å². The molecule has 128 valence electrons. The van der Waals surface area contributed by atoms with Crippen LogP contribution in [0.2, 0.25) is 5.02 Å². The number of amides is 1. The number of hydrogen-bond donors (Lipinski definition) is 1. The molecule has 0 atom stereocenters. The van der Waals surface area contributed by atoms with Crippen molar-refractivity contribution in [3.8, 4) is 11.5 Å². The van der Waals surface area contributed by atoms with Crippen LogP contribution >= 0.6 is 11.6 Å². The summed E-state index contributed by atoms with van der Waals surface area (Å²) in [5, 5.41) is 3.29. The normalized spacial score (nSPS) is 10.5. The van der Waals surface area contributed by atoms with Gasteiger partial charge in [-0.25, -0.2) is 0 Å². The Morgan fingerprint density at radius 1 is 1.12 bits per heavy atom. The number of carbonyl (C=O) groups is 1. The van der Waals surface area contributed by atoms with Gasteiger partial charge in [0, 0.05) is 5.56 Å². The van der Waals surface area contributed by atoms with Gasteiger partial charge in [0.15, 0.2) is 11.5 Å². The molecule has 24 heavy (non-hydrogen) atoms. The molecule has 0 aliphatic carbocycles. The fourth-order valence-corrected chi connectivity index (χ4v) is 2.23. The number of nitrogens with one attached hydrogen (secondary N) is 1. The summed E-state index contributed by atoms with van der Waals surface area (Å²) < 4.78 is 11.3. The van der Waals surface area contributed by atoms with Crippen molar-refractivity contribution in [3.05, 3.63) is 53.1 Å². The van der Waals surface area contributed by atoms with Gasteiger partial charge in [-0.05, 0) is 43.2 Å². The number of carbonyl (C=O) groups excluding carboxylic acids is 1. The Hall–Kier alpha value is -2.20. The fourth-order valence-electron chi connectivity index (χ4n) is 2.05. The average Bonchev–Trinajstić information content (AvgIpc) is 2.56. The standard InChI is InChI=1S/C19H22ClNO3/c1-4-23-18-11-14(9-10-17(18)24-12-13(2)3)19(22)21-16-8-6-5-7-15(16)20/h5-11,13H,4,12H2,1-3H3,(H,21,22). The molecule has 0 bridgehead atoms. The van der Waals surface area contributed by atoms with Crippen LogP contribution < -0.4 is 14.8 Å². The zero-order chi connectivity index (χ0) is 17.5. The summed E-state index contributed by atoms with van der Waals surface area (Å²) in [6.07, 6.45) is 0. The lowest BCUT2D eigenvalue weighted by atomic mass is 10.1. The molecule has 4 nitrogen and oxygen atoms in total. The van der Waals surface area contributed by atoms with Crippen LogP contribution in [0, 0.1) is 5.92 Å². The zero-order valence-corrected chi connectivity index (χ0v) is 14.9. The van der Waals surface area contributed by atoms with Gasteiger partial charge in [-0.1, -0.05) is 37.6 Å². The van der Waals surface area contributed by atoms with Gasteiger partial charge in [-0.15, -0.1) is 0 Å². The van der Waals surface area contributed by atoms with Crippen molar-refractivity contribution in [2.24, 2.45) is 5.92 Å². The number of para-hydroxylation sites is 1. The number of rotatable bonds is 7. The fraction of sp³-hybridized carbons (Fsp3) is 0.316. The van der Waals surface area contributed by atoms with E-state index in [2.05, 4.69) is 19.2 Å². The van der Waals surface area contributed by atoms with E-state index in [-0.39, 0.29) is 5.91 Å². The van der Waals surface area contributed by atoms with Gasteiger partial charge in [-0.3, -0.25) is 4.79 Å². The summed E-state index contributed by atoms with van der Waals surface area (Å²) in [4.78, 5) is 12.4. The van der Waals surface area contributed by atoms with E-state index in [1.807, 2.05) is 19.1 Å². The van der Waals surface area contributed by atoms with Crippen molar-refractivity contribution in [1.82, 2.24) is 0 Å². The lowest BCUT2D eigenvalue weighted by Crippen LogP contribution is -2.13. The third-order valence-electron chi connectivity index (χ3n) is 3.20. The average molecular weight is 348 g/mol. The third-order valence-corrected chi connectivity index (χ3v) is 3.53. The quantitative estimate of drug-likeness (QED) is 0.764. The molecule has 0 saturated heterocycles. The lowest BCUT2D eigenvalue weighted by molar-refractivity contribution is 0.102. The molecule has 0 unspecified atom stereocenters. The van der Waals surface area contributed by atoms with Crippen LogP contribution in [0.25, 0.3) is 0 Å². The highest BCUT2D eigenvalue weighted by atomic mass is 35.5. The second-order valence-electron chi connectivity index (χ2n) is 5.73. The van der Waals surface area contributed by atoms with E-state index < -0.39 is 0 Å². The highest BCUT2D eigenvalue weighted by molar-refractivity contribution is 6.33. The van der Waals surface area contributed by atoms with Gasteiger partial charge in [0.25, 0.3) is 5.91 Å². The molecule has 0 fully saturated rings. The number of ether oxygens (including phenoxy) is 2. The highest BCUT2D eigenvalue weighted by Gasteiger charge is 2.13. The highest BCUT2D eigenvalue weighted by Crippen LogP contribution is 2.30. The maximum Gasteiger partial charge on any atom is 0.255 e. The molecule has 1 N–H and O–H groups in total. The van der Waals surface area contributed by atoms with Gasteiger partial charge in [0.2, 0.25) is 0 Å². The zero-order valence-electron chi connectivity index (χ0n) is 14.1. The predicted molar refractivity (Wildman–Crippen MR) is 97.3 cm³/mol. The Morgan fingerprint density at radius 3 is 2.54 bits per heavy atom. The minimum atomic E-state index is -0.250. The molecule has 0 aromatic heterocycles. The van der Waals surface area contributed by atoms with Gasteiger partial charge in [0.1, 0.15) is 0 Å². The third kappa shape index (κ3) is 4.90. The van der Waals surface area contributed by atoms with Gasteiger partial charge >= 0.3 is 0 Å². The summed E-state index contributed by atoms with van der Waals surface area (Å²) in [6, 6.07) is 12.3. The van der Waals surface area contributed by atoms with Crippen molar-refractivity contribution in [2.75, 3.05) is 18.5 Å². The van der Waals surface area contributed by atoms with Crippen LogP contribution in [-0.2, 0) is 0 Å². The van der Waals surface area contributed by atoms with E-state index >= 15 is 0 Å². The van der Waals surface area contributed by atoms with Crippen LogP contribution in [0.15, 0.2) is 42.5 Å². The summed E-state index contributed by atoms with van der Waals surface area (Å²) in [5.74, 6) is 1.35. The first-order chi connectivity index (χ1) is 11.5. The van der Waals surface area contributed by atoms with Crippen LogP contribution in [0.4, 0.5) is 5.69 Å². The number of hydrogen-bond acceptors (Lipinski definition) is 3. The van der Waals surface area contributed by atoms with Crippen LogP contribution in [0.1, 0.15) is 31.1 Å². The van der Waals surface area contributed by atoms with Crippen LogP contribution in [0.3, 0.4) is 0 Å². The maximum atomic E-state index is 12.4. The summed E-state index contributed by atoms with van der Waals surface area (Å²) in [5.41, 5.74) is 1.05. The summed E-state index contributed by atoms with van der Waals surface area (Å²) in [6.45, 7) is 7.12. The molecular formula is C19H22ClNO3. The first-order valence-corrected chi connectivity index (χ1v) is 8.34. The molecule has 0 aliphatic rings. The Kier molecular flexibility index (Phi) is 6.50. The SMILES string of the molecule is CCOc1cc(C(=O)Nc2ccccc2Cl)ccc1OCC(C)C. The molecule has 0 heterocycles. The van der Waals surface area contributed by atoms with Crippen LogP contribution in [-0.4, -0.2) is 19.1 Å². The van der Waals surface area contributed by atoms with Crippen molar-refractivity contribution >= 4 is 23.2 Å². The Labute approximate surface area is 147 Å². The first kappa shape index (κ1) is 18.1. The number of benzene rings is 2. The van der Waals surface area contributed by atoms with Gasteiger partial charge in [-0.2, -0.15) is 0 Å². The molecule has 2 aromatic carbocycles. The molecule has 0 aliphatic heterocycles. The van der Waals surface area contributed by atoms with Crippen molar-refractivity contribution < 1.29 is 14.3 Å². The second kappa shape index (κ2) is 8.60. The molecule has 2 rings (SSSR count). The minimum Gasteiger partial charge on any atom is -0.490 e. The van der Waals surface area contributed by atoms with Gasteiger partial charge in [0.05, 0.1) is 23.9 Å². The number of halogens is 1. The van der Waals surface area contributed by atoms with E-state index in [0.717, 1.165) is 0 Å². The Balaban J connectivity index is 2.19. The summed E-state index contributed by atoms with van der Waals surface area (Å²) in [7, 11) is 0. The molecule has 0 saturated carbocycles. The number of anilines is 1. The predicted octanol–water partition coefficient (Wildman–Crippen LogP) is 5.03. The molecule has 0 spiro atoms. The van der Waals surface area contributed by atoms with E-state index in [9.17, 15) is 4.79 Å². The Morgan fingerprint density at radius 2 is 1.88 bits per heavy atom. The molecule has 5 heteroatoms. The van der Waals surface area contributed by atoms with E-state index in [0.29, 0.717) is 46.9 Å². The van der Waals surface area contributed by atoms with Crippen molar-refractivity contribution in [3.63, 3.8) is 0 Å². The largest absolute Gasteiger partial charge is 0.490 e. The molecule has 2 aromatic rings. The smallest absolute Gasteiger partial charge is 0.255 e.